The number of thioether (sulfide) groups is 1. The average molecular weight is 266 g/mol. The van der Waals surface area contributed by atoms with Crippen LogP contribution in [0.5, 0.6) is 0 Å². The molecule has 0 saturated carbocycles. The second kappa shape index (κ2) is 6.01. The summed E-state index contributed by atoms with van der Waals surface area (Å²) in [5.41, 5.74) is 6.78. The molecule has 0 aromatic carbocycles. The molecule has 6 nitrogen and oxygen atoms in total. The minimum atomic E-state index is 0.597. The first-order valence-electron chi connectivity index (χ1n) is 5.98. The number of hydrogen-bond acceptors (Lipinski definition) is 5. The summed E-state index contributed by atoms with van der Waals surface area (Å²) in [5.74, 6) is 1.76. The fourth-order valence-electron chi connectivity index (χ4n) is 1.66. The second-order valence-electron chi connectivity index (χ2n) is 3.96. The fourth-order valence-corrected chi connectivity index (χ4v) is 2.58. The van der Waals surface area contributed by atoms with Crippen LogP contribution in [0.1, 0.15) is 18.3 Å². The first-order valence-corrected chi connectivity index (χ1v) is 6.97. The summed E-state index contributed by atoms with van der Waals surface area (Å²) in [6, 6.07) is 0. The molecule has 0 saturated heterocycles. The van der Waals surface area contributed by atoms with Gasteiger partial charge >= 0.3 is 0 Å². The van der Waals surface area contributed by atoms with Crippen LogP contribution in [-0.4, -0.2) is 31.1 Å². The lowest BCUT2D eigenvalue weighted by Crippen LogP contribution is -2.12. The zero-order valence-corrected chi connectivity index (χ0v) is 11.5. The number of nitrogens with two attached hydrogens (primary N) is 1. The molecule has 0 bridgehead atoms. The van der Waals surface area contributed by atoms with Gasteiger partial charge in [0.2, 0.25) is 0 Å². The molecule has 2 aromatic heterocycles. The summed E-state index contributed by atoms with van der Waals surface area (Å²) in [4.78, 5) is 0. The highest BCUT2D eigenvalue weighted by atomic mass is 32.2. The summed E-state index contributed by atoms with van der Waals surface area (Å²) in [6.07, 6.45) is 3.95. The van der Waals surface area contributed by atoms with Gasteiger partial charge in [0, 0.05) is 37.1 Å². The van der Waals surface area contributed by atoms with Gasteiger partial charge in [0.25, 0.3) is 0 Å². The molecule has 0 fully saturated rings. The van der Waals surface area contributed by atoms with Gasteiger partial charge in [-0.25, -0.2) is 0 Å². The van der Waals surface area contributed by atoms with E-state index in [4.69, 9.17) is 5.73 Å². The molecule has 0 aliphatic heterocycles. The van der Waals surface area contributed by atoms with Crippen LogP contribution in [0.25, 0.3) is 0 Å². The molecule has 0 unspecified atom stereocenters. The topological polar surface area (TPSA) is 74.5 Å². The summed E-state index contributed by atoms with van der Waals surface area (Å²) in [7, 11) is 0. The predicted octanol–water partition coefficient (Wildman–Crippen LogP) is 1.05. The largest absolute Gasteiger partial charge is 0.329 e. The predicted molar refractivity (Wildman–Crippen MR) is 71.3 cm³/mol. The molecule has 0 spiro atoms. The van der Waals surface area contributed by atoms with Crippen LogP contribution in [0.4, 0.5) is 0 Å². The Hall–Kier alpha value is -1.34. The number of nitrogens with zero attached hydrogens (tertiary/aromatic N) is 5. The average Bonchev–Trinajstić information content (AvgIpc) is 2.96. The maximum Gasteiger partial charge on any atom is 0.191 e. The van der Waals surface area contributed by atoms with Crippen LogP contribution in [-0.2, 0) is 18.8 Å². The van der Waals surface area contributed by atoms with Gasteiger partial charge in [0.05, 0.1) is 6.20 Å². The van der Waals surface area contributed by atoms with Crippen molar-refractivity contribution in [2.45, 2.75) is 37.8 Å². The molecule has 2 rings (SSSR count). The van der Waals surface area contributed by atoms with Crippen molar-refractivity contribution < 1.29 is 0 Å². The van der Waals surface area contributed by atoms with E-state index in [0.29, 0.717) is 6.54 Å². The van der Waals surface area contributed by atoms with E-state index in [-0.39, 0.29) is 0 Å². The van der Waals surface area contributed by atoms with E-state index < -0.39 is 0 Å². The summed E-state index contributed by atoms with van der Waals surface area (Å²) in [6.45, 7) is 6.27. The maximum atomic E-state index is 5.59. The Bertz CT molecular complexity index is 503. The lowest BCUT2D eigenvalue weighted by molar-refractivity contribution is 0.627. The normalized spacial score (nSPS) is 11.1. The van der Waals surface area contributed by atoms with E-state index >= 15 is 0 Å². The first-order chi connectivity index (χ1) is 8.74. The second-order valence-corrected chi connectivity index (χ2v) is 4.91. The van der Waals surface area contributed by atoms with Crippen LogP contribution in [0.3, 0.4) is 0 Å². The quantitative estimate of drug-likeness (QED) is 0.791. The van der Waals surface area contributed by atoms with Crippen molar-refractivity contribution in [2.24, 2.45) is 5.73 Å². The molecule has 0 atom stereocenters. The van der Waals surface area contributed by atoms with Crippen molar-refractivity contribution >= 4 is 11.8 Å². The van der Waals surface area contributed by atoms with Gasteiger partial charge in [0.15, 0.2) is 5.16 Å². The SMILES string of the molecule is CCn1cc(CSc2nnc(C)n2CCN)cn1. The molecule has 2 heterocycles. The molecule has 0 radical (unpaired) electrons. The van der Waals surface area contributed by atoms with Crippen LogP contribution >= 0.6 is 11.8 Å². The highest BCUT2D eigenvalue weighted by molar-refractivity contribution is 7.98. The smallest absolute Gasteiger partial charge is 0.191 e. The molecule has 2 N–H and O–H groups in total. The summed E-state index contributed by atoms with van der Waals surface area (Å²) < 4.78 is 3.97. The van der Waals surface area contributed by atoms with E-state index in [1.807, 2.05) is 17.8 Å². The third-order valence-corrected chi connectivity index (χ3v) is 3.67. The Labute approximate surface area is 111 Å². The van der Waals surface area contributed by atoms with Crippen LogP contribution in [0.15, 0.2) is 17.6 Å². The highest BCUT2D eigenvalue weighted by Crippen LogP contribution is 2.21. The molecule has 0 amide bonds. The Morgan fingerprint density at radius 1 is 1.39 bits per heavy atom. The maximum absolute atomic E-state index is 5.59. The third kappa shape index (κ3) is 2.91. The molecular formula is C11H18N6S. The first kappa shape index (κ1) is 13.1. The standard InChI is InChI=1S/C11H18N6S/c1-3-16-7-10(6-13-16)8-18-11-15-14-9(2)17(11)5-4-12/h6-7H,3-5,8,12H2,1-2H3. The lowest BCUT2D eigenvalue weighted by atomic mass is 10.4. The van der Waals surface area contributed by atoms with Crippen molar-refractivity contribution in [1.82, 2.24) is 24.5 Å². The molecule has 0 aliphatic rings. The van der Waals surface area contributed by atoms with Crippen LogP contribution < -0.4 is 5.73 Å². The molecule has 18 heavy (non-hydrogen) atoms. The van der Waals surface area contributed by atoms with Crippen molar-refractivity contribution in [3.05, 3.63) is 23.8 Å². The molecule has 98 valence electrons. The summed E-state index contributed by atoms with van der Waals surface area (Å²) in [5, 5.41) is 13.4. The lowest BCUT2D eigenvalue weighted by Gasteiger charge is -2.05. The Morgan fingerprint density at radius 3 is 2.89 bits per heavy atom. The van der Waals surface area contributed by atoms with Crippen molar-refractivity contribution in [2.75, 3.05) is 6.54 Å². The number of aromatic nitrogens is 5. The van der Waals surface area contributed by atoms with Crippen molar-refractivity contribution in [1.29, 1.82) is 0 Å². The molecule has 2 aromatic rings. The monoisotopic (exact) mass is 266 g/mol. The van der Waals surface area contributed by atoms with Gasteiger partial charge in [0.1, 0.15) is 5.82 Å². The third-order valence-electron chi connectivity index (χ3n) is 2.63. The Kier molecular flexibility index (Phi) is 4.38. The van der Waals surface area contributed by atoms with Crippen LogP contribution in [0.2, 0.25) is 0 Å². The van der Waals surface area contributed by atoms with Gasteiger partial charge in [-0.15, -0.1) is 10.2 Å². The Morgan fingerprint density at radius 2 is 2.22 bits per heavy atom. The van der Waals surface area contributed by atoms with Crippen molar-refractivity contribution in [3.8, 4) is 0 Å². The van der Waals surface area contributed by atoms with Crippen LogP contribution in [0, 0.1) is 6.92 Å². The highest BCUT2D eigenvalue weighted by Gasteiger charge is 2.09. The fraction of sp³-hybridized carbons (Fsp3) is 0.545. The molecule has 7 heteroatoms. The van der Waals surface area contributed by atoms with E-state index in [1.165, 1.54) is 5.56 Å². The van der Waals surface area contributed by atoms with E-state index in [1.54, 1.807) is 11.8 Å². The van der Waals surface area contributed by atoms with E-state index in [9.17, 15) is 0 Å². The Balaban J connectivity index is 2.01. The minimum Gasteiger partial charge on any atom is -0.329 e. The van der Waals surface area contributed by atoms with Gasteiger partial charge in [-0.2, -0.15) is 5.10 Å². The minimum absolute atomic E-state index is 0.597. The van der Waals surface area contributed by atoms with E-state index in [2.05, 4.69) is 33.0 Å². The van der Waals surface area contributed by atoms with E-state index in [0.717, 1.165) is 29.8 Å². The van der Waals surface area contributed by atoms with Gasteiger partial charge < -0.3 is 10.3 Å². The molecule has 0 aliphatic carbocycles. The zero-order chi connectivity index (χ0) is 13.0. The van der Waals surface area contributed by atoms with Crippen molar-refractivity contribution in [3.63, 3.8) is 0 Å². The summed E-state index contributed by atoms with van der Waals surface area (Å²) >= 11 is 1.67. The zero-order valence-electron chi connectivity index (χ0n) is 10.7. The number of rotatable bonds is 6. The molecular weight excluding hydrogens is 248 g/mol. The van der Waals surface area contributed by atoms with Gasteiger partial charge in [-0.1, -0.05) is 11.8 Å². The number of hydrogen-bond donors (Lipinski definition) is 1. The number of aryl methyl sites for hydroxylation is 2. The van der Waals surface area contributed by atoms with Gasteiger partial charge in [-0.3, -0.25) is 4.68 Å². The van der Waals surface area contributed by atoms with Gasteiger partial charge in [-0.05, 0) is 13.8 Å².